The first-order valence-electron chi connectivity index (χ1n) is 5.20. The topological polar surface area (TPSA) is 21.3 Å². The number of thioether (sulfide) groups is 1. The summed E-state index contributed by atoms with van der Waals surface area (Å²) in [6.07, 6.45) is 2.04. The smallest absolute Gasteiger partial charge is 0.111 e. The summed E-state index contributed by atoms with van der Waals surface area (Å²) in [5.41, 5.74) is 3.59. The van der Waals surface area contributed by atoms with Gasteiger partial charge in [0.25, 0.3) is 0 Å². The molecule has 0 saturated heterocycles. The van der Waals surface area contributed by atoms with Gasteiger partial charge in [-0.25, -0.2) is 0 Å². The van der Waals surface area contributed by atoms with Crippen LogP contribution in [0.2, 0.25) is 10.0 Å². The Morgan fingerprint density at radius 1 is 1.29 bits per heavy atom. The van der Waals surface area contributed by atoms with E-state index in [4.69, 9.17) is 28.0 Å². The molecule has 0 spiro atoms. The highest BCUT2D eigenvalue weighted by molar-refractivity contribution is 8.02. The van der Waals surface area contributed by atoms with Crippen molar-refractivity contribution in [2.24, 2.45) is 0 Å². The SMILES string of the molecule is CC1(C)C=C(SCc2c(Cl)cccc2Cl)NO1. The molecule has 2 rings (SSSR count). The summed E-state index contributed by atoms with van der Waals surface area (Å²) in [6, 6.07) is 5.54. The maximum Gasteiger partial charge on any atom is 0.111 e. The lowest BCUT2D eigenvalue weighted by Gasteiger charge is -2.11. The molecule has 1 heterocycles. The van der Waals surface area contributed by atoms with Gasteiger partial charge in [0.15, 0.2) is 0 Å². The summed E-state index contributed by atoms with van der Waals surface area (Å²) in [5.74, 6) is 0.719. The molecule has 17 heavy (non-hydrogen) atoms. The molecule has 0 saturated carbocycles. The molecule has 0 fully saturated rings. The number of rotatable bonds is 3. The van der Waals surface area contributed by atoms with Crippen LogP contribution in [0.15, 0.2) is 29.3 Å². The molecular weight excluding hydrogens is 277 g/mol. The summed E-state index contributed by atoms with van der Waals surface area (Å²) >= 11 is 13.8. The van der Waals surface area contributed by atoms with Crippen molar-refractivity contribution in [3.8, 4) is 0 Å². The predicted octanol–water partition coefficient (Wildman–Crippen LogP) is 4.38. The van der Waals surface area contributed by atoms with Crippen LogP contribution in [0.25, 0.3) is 0 Å². The Morgan fingerprint density at radius 3 is 2.47 bits per heavy atom. The van der Waals surface area contributed by atoms with E-state index in [0.29, 0.717) is 10.0 Å². The van der Waals surface area contributed by atoms with Gasteiger partial charge in [-0.2, -0.15) is 0 Å². The molecule has 92 valence electrons. The van der Waals surface area contributed by atoms with E-state index in [1.165, 1.54) is 0 Å². The third kappa shape index (κ3) is 3.32. The molecule has 2 nitrogen and oxygen atoms in total. The van der Waals surface area contributed by atoms with Crippen molar-refractivity contribution in [1.29, 1.82) is 0 Å². The van der Waals surface area contributed by atoms with Crippen LogP contribution in [0, 0.1) is 0 Å². The van der Waals surface area contributed by atoms with E-state index in [0.717, 1.165) is 16.3 Å². The highest BCUT2D eigenvalue weighted by Gasteiger charge is 2.24. The lowest BCUT2D eigenvalue weighted by atomic mass is 10.1. The van der Waals surface area contributed by atoms with Gasteiger partial charge in [0.1, 0.15) is 5.60 Å². The van der Waals surface area contributed by atoms with Crippen LogP contribution in [0.1, 0.15) is 19.4 Å². The zero-order valence-corrected chi connectivity index (χ0v) is 11.9. The van der Waals surface area contributed by atoms with Crippen LogP contribution < -0.4 is 5.48 Å². The van der Waals surface area contributed by atoms with Gasteiger partial charge in [-0.3, -0.25) is 10.3 Å². The van der Waals surface area contributed by atoms with Crippen LogP contribution in [0.3, 0.4) is 0 Å². The molecule has 0 radical (unpaired) electrons. The third-order valence-electron chi connectivity index (χ3n) is 2.33. The Labute approximate surface area is 115 Å². The summed E-state index contributed by atoms with van der Waals surface area (Å²) < 4.78 is 0. The number of benzene rings is 1. The molecule has 1 N–H and O–H groups in total. The summed E-state index contributed by atoms with van der Waals surface area (Å²) in [5, 5.41) is 2.39. The fraction of sp³-hybridized carbons (Fsp3) is 0.333. The molecule has 0 aliphatic carbocycles. The number of hydrogen-bond donors (Lipinski definition) is 1. The van der Waals surface area contributed by atoms with Gasteiger partial charge >= 0.3 is 0 Å². The van der Waals surface area contributed by atoms with Gasteiger partial charge in [-0.05, 0) is 37.6 Å². The molecule has 0 amide bonds. The van der Waals surface area contributed by atoms with Crippen molar-refractivity contribution in [1.82, 2.24) is 5.48 Å². The van der Waals surface area contributed by atoms with Crippen molar-refractivity contribution in [3.05, 3.63) is 44.9 Å². The monoisotopic (exact) mass is 289 g/mol. The van der Waals surface area contributed by atoms with Gasteiger partial charge in [-0.1, -0.05) is 29.3 Å². The molecule has 0 atom stereocenters. The fourth-order valence-corrected chi connectivity index (χ4v) is 3.22. The largest absolute Gasteiger partial charge is 0.265 e. The van der Waals surface area contributed by atoms with Gasteiger partial charge < -0.3 is 0 Å². The minimum Gasteiger partial charge on any atom is -0.265 e. The average molecular weight is 290 g/mol. The third-order valence-corrected chi connectivity index (χ3v) is 3.98. The first-order valence-corrected chi connectivity index (χ1v) is 6.95. The quantitative estimate of drug-likeness (QED) is 0.892. The zero-order chi connectivity index (χ0) is 12.5. The molecule has 1 aliphatic rings. The van der Waals surface area contributed by atoms with Gasteiger partial charge in [0.05, 0.1) is 5.03 Å². The molecule has 1 aromatic rings. The molecule has 1 aromatic carbocycles. The minimum absolute atomic E-state index is 0.257. The van der Waals surface area contributed by atoms with Crippen molar-refractivity contribution < 1.29 is 4.84 Å². The van der Waals surface area contributed by atoms with E-state index in [2.05, 4.69) is 5.48 Å². The number of nitrogens with one attached hydrogen (secondary N) is 1. The Balaban J connectivity index is 2.04. The fourth-order valence-electron chi connectivity index (χ4n) is 1.45. The minimum atomic E-state index is -0.257. The van der Waals surface area contributed by atoms with Crippen molar-refractivity contribution >= 4 is 35.0 Å². The zero-order valence-electron chi connectivity index (χ0n) is 9.59. The van der Waals surface area contributed by atoms with Crippen LogP contribution in [-0.2, 0) is 10.6 Å². The molecule has 0 aromatic heterocycles. The number of halogens is 2. The Hall–Kier alpha value is -0.350. The summed E-state index contributed by atoms with van der Waals surface area (Å²) in [6.45, 7) is 3.99. The molecule has 0 unspecified atom stereocenters. The summed E-state index contributed by atoms with van der Waals surface area (Å²) in [4.78, 5) is 5.37. The molecular formula is C12H13Cl2NOS. The second kappa shape index (κ2) is 5.11. The molecule has 0 bridgehead atoms. The van der Waals surface area contributed by atoms with Gasteiger partial charge in [0, 0.05) is 15.8 Å². The highest BCUT2D eigenvalue weighted by atomic mass is 35.5. The number of hydroxylamine groups is 1. The van der Waals surface area contributed by atoms with E-state index in [1.807, 2.05) is 38.1 Å². The van der Waals surface area contributed by atoms with E-state index < -0.39 is 0 Å². The van der Waals surface area contributed by atoms with Crippen molar-refractivity contribution in [3.63, 3.8) is 0 Å². The maximum absolute atomic E-state index is 6.10. The Bertz CT molecular complexity index is 440. The van der Waals surface area contributed by atoms with E-state index in [9.17, 15) is 0 Å². The standard InChI is InChI=1S/C12H13Cl2NOS/c1-12(2)6-11(15-16-12)17-7-8-9(13)4-3-5-10(8)14/h3-6,15H,7H2,1-2H3. The van der Waals surface area contributed by atoms with E-state index in [1.54, 1.807) is 11.8 Å². The van der Waals surface area contributed by atoms with Crippen LogP contribution in [0.4, 0.5) is 0 Å². The number of hydrogen-bond acceptors (Lipinski definition) is 3. The van der Waals surface area contributed by atoms with Crippen LogP contribution >= 0.6 is 35.0 Å². The Morgan fingerprint density at radius 2 is 1.94 bits per heavy atom. The molecule has 1 aliphatic heterocycles. The predicted molar refractivity (Wildman–Crippen MR) is 74.1 cm³/mol. The van der Waals surface area contributed by atoms with Gasteiger partial charge in [0.2, 0.25) is 0 Å². The summed E-state index contributed by atoms with van der Waals surface area (Å²) in [7, 11) is 0. The first kappa shape index (κ1) is 13.1. The van der Waals surface area contributed by atoms with Crippen molar-refractivity contribution in [2.75, 3.05) is 0 Å². The van der Waals surface area contributed by atoms with E-state index >= 15 is 0 Å². The normalized spacial score (nSPS) is 17.8. The second-order valence-corrected chi connectivity index (χ2v) is 6.14. The first-order chi connectivity index (χ1) is 7.98. The maximum atomic E-state index is 6.10. The lowest BCUT2D eigenvalue weighted by molar-refractivity contribution is -0.0126. The highest BCUT2D eigenvalue weighted by Crippen LogP contribution is 2.33. The van der Waals surface area contributed by atoms with Crippen molar-refractivity contribution in [2.45, 2.75) is 25.2 Å². The molecule has 5 heteroatoms. The lowest BCUT2D eigenvalue weighted by Crippen LogP contribution is -2.20. The van der Waals surface area contributed by atoms with E-state index in [-0.39, 0.29) is 5.60 Å². The Kier molecular flexibility index (Phi) is 3.93. The van der Waals surface area contributed by atoms with Crippen LogP contribution in [-0.4, -0.2) is 5.60 Å². The average Bonchev–Trinajstić information content (AvgIpc) is 2.57. The van der Waals surface area contributed by atoms with Gasteiger partial charge in [-0.15, -0.1) is 11.8 Å². The van der Waals surface area contributed by atoms with Crippen LogP contribution in [0.5, 0.6) is 0 Å². The second-order valence-electron chi connectivity index (χ2n) is 4.31.